The van der Waals surface area contributed by atoms with Crippen LogP contribution in [-0.2, 0) is 6.54 Å². The second kappa shape index (κ2) is 7.17. The van der Waals surface area contributed by atoms with Gasteiger partial charge in [0.1, 0.15) is 11.5 Å². The largest absolute Gasteiger partial charge is 0.493 e. The molecule has 128 valence electrons. The Kier molecular flexibility index (Phi) is 4.79. The summed E-state index contributed by atoms with van der Waals surface area (Å²) >= 11 is 0. The fourth-order valence-corrected chi connectivity index (χ4v) is 2.59. The van der Waals surface area contributed by atoms with Gasteiger partial charge in [-0.1, -0.05) is 12.1 Å². The smallest absolute Gasteiger partial charge is 0.161 e. The molecule has 2 aromatic carbocycles. The molecule has 25 heavy (non-hydrogen) atoms. The van der Waals surface area contributed by atoms with Crippen LogP contribution in [0.1, 0.15) is 15.9 Å². The zero-order chi connectivity index (χ0) is 17.8. The molecule has 0 amide bonds. The molecule has 3 rings (SSSR count). The number of rotatable bonds is 6. The van der Waals surface area contributed by atoms with Gasteiger partial charge in [0.2, 0.25) is 0 Å². The lowest BCUT2D eigenvalue weighted by atomic mass is 10.1. The van der Waals surface area contributed by atoms with Gasteiger partial charge in [0, 0.05) is 11.8 Å². The third-order valence-corrected chi connectivity index (χ3v) is 3.83. The molecule has 0 aliphatic heterocycles. The molecular weight excluding hydrogens is 323 g/mol. The predicted octanol–water partition coefficient (Wildman–Crippen LogP) is 3.57. The van der Waals surface area contributed by atoms with Gasteiger partial charge >= 0.3 is 0 Å². The number of benzene rings is 2. The van der Waals surface area contributed by atoms with Gasteiger partial charge in [-0.2, -0.15) is 5.10 Å². The molecule has 0 saturated heterocycles. The summed E-state index contributed by atoms with van der Waals surface area (Å²) in [6.07, 6.45) is 2.43. The van der Waals surface area contributed by atoms with E-state index in [2.05, 4.69) is 5.10 Å². The quantitative estimate of drug-likeness (QED) is 0.644. The van der Waals surface area contributed by atoms with Crippen molar-refractivity contribution in [3.8, 4) is 22.8 Å². The van der Waals surface area contributed by atoms with Crippen LogP contribution in [0.15, 0.2) is 48.7 Å². The molecule has 3 aromatic rings. The second-order valence-electron chi connectivity index (χ2n) is 5.44. The molecule has 5 nitrogen and oxygen atoms in total. The summed E-state index contributed by atoms with van der Waals surface area (Å²) in [7, 11) is 3.11. The van der Waals surface area contributed by atoms with Crippen LogP contribution in [0, 0.1) is 5.82 Å². The maximum Gasteiger partial charge on any atom is 0.161 e. The number of ether oxygens (including phenoxy) is 2. The number of nitrogens with zero attached hydrogens (tertiary/aromatic N) is 2. The summed E-state index contributed by atoms with van der Waals surface area (Å²) in [6.45, 7) is 0.439. The highest BCUT2D eigenvalue weighted by molar-refractivity contribution is 5.85. The van der Waals surface area contributed by atoms with Gasteiger partial charge in [-0.3, -0.25) is 9.48 Å². The standard InChI is InChI=1S/C19H17FN2O3/c1-24-17-8-5-14(9-18(17)25-2)19-15(12-23)11-22(21-19)10-13-3-6-16(20)7-4-13/h3-9,11-12H,10H2,1-2H3. The Balaban J connectivity index is 1.95. The molecule has 0 unspecified atom stereocenters. The van der Waals surface area contributed by atoms with Crippen molar-refractivity contribution in [2.45, 2.75) is 6.54 Å². The molecular formula is C19H17FN2O3. The van der Waals surface area contributed by atoms with Crippen LogP contribution in [-0.4, -0.2) is 30.3 Å². The third-order valence-electron chi connectivity index (χ3n) is 3.83. The molecule has 0 N–H and O–H groups in total. The molecule has 0 atom stereocenters. The van der Waals surface area contributed by atoms with Crippen molar-refractivity contribution in [1.82, 2.24) is 9.78 Å². The van der Waals surface area contributed by atoms with E-state index >= 15 is 0 Å². The van der Waals surface area contributed by atoms with Crippen LogP contribution >= 0.6 is 0 Å². The molecule has 0 radical (unpaired) electrons. The first-order valence-corrected chi connectivity index (χ1v) is 7.64. The van der Waals surface area contributed by atoms with E-state index in [0.29, 0.717) is 29.3 Å². The first kappa shape index (κ1) is 16.7. The second-order valence-corrected chi connectivity index (χ2v) is 5.44. The lowest BCUT2D eigenvalue weighted by Gasteiger charge is -2.08. The number of halogens is 1. The van der Waals surface area contributed by atoms with Crippen molar-refractivity contribution < 1.29 is 18.7 Å². The zero-order valence-electron chi connectivity index (χ0n) is 13.9. The first-order chi connectivity index (χ1) is 12.1. The normalized spacial score (nSPS) is 10.5. The molecule has 0 aliphatic rings. The van der Waals surface area contributed by atoms with Gasteiger partial charge in [-0.15, -0.1) is 0 Å². The van der Waals surface area contributed by atoms with Crippen LogP contribution in [0.4, 0.5) is 4.39 Å². The number of aromatic nitrogens is 2. The number of carbonyl (C=O) groups is 1. The van der Waals surface area contributed by atoms with Gasteiger partial charge < -0.3 is 9.47 Å². The lowest BCUT2D eigenvalue weighted by Crippen LogP contribution is -2.00. The first-order valence-electron chi connectivity index (χ1n) is 7.64. The van der Waals surface area contributed by atoms with E-state index in [1.165, 1.54) is 12.1 Å². The zero-order valence-corrected chi connectivity index (χ0v) is 13.9. The summed E-state index contributed by atoms with van der Waals surface area (Å²) in [4.78, 5) is 11.4. The Hall–Kier alpha value is -3.15. The number of carbonyl (C=O) groups excluding carboxylic acids is 1. The highest BCUT2D eigenvalue weighted by atomic mass is 19.1. The summed E-state index contributed by atoms with van der Waals surface area (Å²) in [5, 5.41) is 4.50. The predicted molar refractivity (Wildman–Crippen MR) is 91.7 cm³/mol. The minimum absolute atomic E-state index is 0.288. The monoisotopic (exact) mass is 340 g/mol. The topological polar surface area (TPSA) is 53.4 Å². The number of hydrogen-bond acceptors (Lipinski definition) is 4. The van der Waals surface area contributed by atoms with E-state index in [1.807, 2.05) is 6.07 Å². The lowest BCUT2D eigenvalue weighted by molar-refractivity contribution is 0.112. The van der Waals surface area contributed by atoms with Crippen LogP contribution in [0.2, 0.25) is 0 Å². The number of methoxy groups -OCH3 is 2. The Morgan fingerprint density at radius 2 is 1.80 bits per heavy atom. The SMILES string of the molecule is COc1ccc(-c2nn(Cc3ccc(F)cc3)cc2C=O)cc1OC. The van der Waals surface area contributed by atoms with Crippen molar-refractivity contribution in [2.24, 2.45) is 0 Å². The van der Waals surface area contributed by atoms with Gasteiger partial charge in [0.05, 0.1) is 26.3 Å². The Labute approximate surface area is 144 Å². The maximum absolute atomic E-state index is 13.0. The van der Waals surface area contributed by atoms with E-state index in [9.17, 15) is 9.18 Å². The van der Waals surface area contributed by atoms with E-state index in [0.717, 1.165) is 17.4 Å². The average Bonchev–Trinajstić information content (AvgIpc) is 3.06. The average molecular weight is 340 g/mol. The minimum atomic E-state index is -0.288. The Morgan fingerprint density at radius 3 is 2.44 bits per heavy atom. The van der Waals surface area contributed by atoms with Gasteiger partial charge in [0.25, 0.3) is 0 Å². The molecule has 6 heteroatoms. The molecule has 0 aliphatic carbocycles. The molecule has 1 heterocycles. The van der Waals surface area contributed by atoms with Crippen LogP contribution < -0.4 is 9.47 Å². The van der Waals surface area contributed by atoms with E-state index in [1.54, 1.807) is 49.4 Å². The van der Waals surface area contributed by atoms with Crippen LogP contribution in [0.5, 0.6) is 11.5 Å². The molecule has 1 aromatic heterocycles. The van der Waals surface area contributed by atoms with Crippen molar-refractivity contribution in [2.75, 3.05) is 14.2 Å². The van der Waals surface area contributed by atoms with Crippen LogP contribution in [0.3, 0.4) is 0 Å². The summed E-state index contributed by atoms with van der Waals surface area (Å²) in [5.74, 6) is 0.874. The summed E-state index contributed by atoms with van der Waals surface area (Å²) in [5.41, 5.74) is 2.66. The molecule has 0 spiro atoms. The highest BCUT2D eigenvalue weighted by Gasteiger charge is 2.14. The van der Waals surface area contributed by atoms with E-state index < -0.39 is 0 Å². The van der Waals surface area contributed by atoms with Gasteiger partial charge in [0.15, 0.2) is 17.8 Å². The highest BCUT2D eigenvalue weighted by Crippen LogP contribution is 2.32. The summed E-state index contributed by atoms with van der Waals surface area (Å²) in [6, 6.07) is 11.5. The number of hydrogen-bond donors (Lipinski definition) is 0. The summed E-state index contributed by atoms with van der Waals surface area (Å²) < 4.78 is 25.2. The fourth-order valence-electron chi connectivity index (χ4n) is 2.59. The Morgan fingerprint density at radius 1 is 1.08 bits per heavy atom. The molecule has 0 saturated carbocycles. The molecule has 0 fully saturated rings. The van der Waals surface area contributed by atoms with E-state index in [-0.39, 0.29) is 5.82 Å². The van der Waals surface area contributed by atoms with Gasteiger partial charge in [-0.25, -0.2) is 4.39 Å². The van der Waals surface area contributed by atoms with E-state index in [4.69, 9.17) is 9.47 Å². The van der Waals surface area contributed by atoms with Crippen LogP contribution in [0.25, 0.3) is 11.3 Å². The van der Waals surface area contributed by atoms with Crippen molar-refractivity contribution >= 4 is 6.29 Å². The fraction of sp³-hybridized carbons (Fsp3) is 0.158. The maximum atomic E-state index is 13.0. The number of aldehydes is 1. The third kappa shape index (κ3) is 3.52. The minimum Gasteiger partial charge on any atom is -0.493 e. The van der Waals surface area contributed by atoms with Gasteiger partial charge in [-0.05, 0) is 35.9 Å². The van der Waals surface area contributed by atoms with Crippen molar-refractivity contribution in [1.29, 1.82) is 0 Å². The molecule has 0 bridgehead atoms. The van der Waals surface area contributed by atoms with Crippen molar-refractivity contribution in [3.63, 3.8) is 0 Å². The van der Waals surface area contributed by atoms with Crippen molar-refractivity contribution in [3.05, 3.63) is 65.6 Å². The Bertz CT molecular complexity index is 888.